The van der Waals surface area contributed by atoms with Crippen LogP contribution in [0.15, 0.2) is 42.5 Å². The summed E-state index contributed by atoms with van der Waals surface area (Å²) in [7, 11) is 0. The Labute approximate surface area is 78.9 Å². The SMILES string of the molecule is CC(/C=C\CCl)c1ccccc1. The second-order valence-electron chi connectivity index (χ2n) is 2.78. The van der Waals surface area contributed by atoms with Crippen molar-refractivity contribution in [2.45, 2.75) is 12.8 Å². The number of allylic oxidation sites excluding steroid dienone is 2. The minimum absolute atomic E-state index is 0.463. The number of hydrogen-bond acceptors (Lipinski definition) is 0. The molecular formula is C11H13Cl. The van der Waals surface area contributed by atoms with E-state index in [9.17, 15) is 0 Å². The Morgan fingerprint density at radius 1 is 1.33 bits per heavy atom. The zero-order chi connectivity index (χ0) is 8.81. The molecule has 0 saturated carbocycles. The van der Waals surface area contributed by atoms with Gasteiger partial charge in [0.2, 0.25) is 0 Å². The Hall–Kier alpha value is -0.750. The Bertz CT molecular complexity index is 238. The van der Waals surface area contributed by atoms with Crippen LogP contribution in [0.1, 0.15) is 18.4 Å². The van der Waals surface area contributed by atoms with E-state index in [-0.39, 0.29) is 0 Å². The molecule has 0 N–H and O–H groups in total. The van der Waals surface area contributed by atoms with Gasteiger partial charge in [-0.3, -0.25) is 0 Å². The van der Waals surface area contributed by atoms with Crippen molar-refractivity contribution in [2.75, 3.05) is 5.88 Å². The maximum atomic E-state index is 5.55. The standard InChI is InChI=1S/C11H13Cl/c1-10(6-5-9-12)11-7-3-2-4-8-11/h2-8,10H,9H2,1H3/b6-5-. The van der Waals surface area contributed by atoms with Gasteiger partial charge in [-0.15, -0.1) is 11.6 Å². The van der Waals surface area contributed by atoms with E-state index in [0.717, 1.165) is 0 Å². The lowest BCUT2D eigenvalue weighted by molar-refractivity contribution is 0.965. The number of rotatable bonds is 3. The number of hydrogen-bond donors (Lipinski definition) is 0. The minimum atomic E-state index is 0.463. The van der Waals surface area contributed by atoms with Gasteiger partial charge in [0.15, 0.2) is 0 Å². The van der Waals surface area contributed by atoms with Crippen LogP contribution in [0.5, 0.6) is 0 Å². The summed E-state index contributed by atoms with van der Waals surface area (Å²) in [6.07, 6.45) is 4.11. The van der Waals surface area contributed by atoms with Crippen molar-refractivity contribution in [1.29, 1.82) is 0 Å². The first-order chi connectivity index (χ1) is 5.84. The third kappa shape index (κ3) is 2.71. The Morgan fingerprint density at radius 2 is 2.00 bits per heavy atom. The van der Waals surface area contributed by atoms with E-state index in [0.29, 0.717) is 11.8 Å². The molecule has 1 aromatic carbocycles. The molecule has 1 unspecified atom stereocenters. The van der Waals surface area contributed by atoms with Gasteiger partial charge in [-0.05, 0) is 11.5 Å². The summed E-state index contributed by atoms with van der Waals surface area (Å²) in [5.74, 6) is 1.06. The third-order valence-corrected chi connectivity index (χ3v) is 2.02. The van der Waals surface area contributed by atoms with Crippen LogP contribution in [-0.4, -0.2) is 5.88 Å². The van der Waals surface area contributed by atoms with E-state index in [1.807, 2.05) is 12.1 Å². The van der Waals surface area contributed by atoms with Gasteiger partial charge in [0.25, 0.3) is 0 Å². The second-order valence-corrected chi connectivity index (χ2v) is 3.09. The molecule has 0 fully saturated rings. The monoisotopic (exact) mass is 180 g/mol. The molecule has 1 heteroatoms. The topological polar surface area (TPSA) is 0 Å². The molecule has 64 valence electrons. The van der Waals surface area contributed by atoms with Crippen molar-refractivity contribution in [3.8, 4) is 0 Å². The maximum absolute atomic E-state index is 5.55. The van der Waals surface area contributed by atoms with Crippen LogP contribution in [0, 0.1) is 0 Å². The molecule has 0 aliphatic carbocycles. The molecule has 0 heterocycles. The fourth-order valence-corrected chi connectivity index (χ4v) is 1.23. The molecule has 0 amide bonds. The first kappa shape index (κ1) is 9.34. The van der Waals surface area contributed by atoms with Gasteiger partial charge in [-0.2, -0.15) is 0 Å². The Kier molecular flexibility index (Phi) is 3.89. The largest absolute Gasteiger partial charge is 0.122 e. The molecule has 0 bridgehead atoms. The first-order valence-corrected chi connectivity index (χ1v) is 4.65. The summed E-state index contributed by atoms with van der Waals surface area (Å²) in [6.45, 7) is 2.17. The normalized spacial score (nSPS) is 13.5. The highest BCUT2D eigenvalue weighted by atomic mass is 35.5. The van der Waals surface area contributed by atoms with Crippen molar-refractivity contribution in [2.24, 2.45) is 0 Å². The van der Waals surface area contributed by atoms with E-state index in [1.165, 1.54) is 5.56 Å². The molecule has 0 spiro atoms. The summed E-state index contributed by atoms with van der Waals surface area (Å²) in [5.41, 5.74) is 1.33. The molecule has 12 heavy (non-hydrogen) atoms. The molecule has 1 aromatic rings. The van der Waals surface area contributed by atoms with Crippen LogP contribution in [0.4, 0.5) is 0 Å². The van der Waals surface area contributed by atoms with Gasteiger partial charge in [-0.1, -0.05) is 49.4 Å². The van der Waals surface area contributed by atoms with Crippen LogP contribution < -0.4 is 0 Å². The van der Waals surface area contributed by atoms with Crippen molar-refractivity contribution in [3.63, 3.8) is 0 Å². The lowest BCUT2D eigenvalue weighted by Crippen LogP contribution is -1.87. The van der Waals surface area contributed by atoms with Gasteiger partial charge in [0.1, 0.15) is 0 Å². The zero-order valence-electron chi connectivity index (χ0n) is 7.20. The summed E-state index contributed by atoms with van der Waals surface area (Å²) < 4.78 is 0. The summed E-state index contributed by atoms with van der Waals surface area (Å²) in [5, 5.41) is 0. The number of alkyl halides is 1. The average Bonchev–Trinajstić information content (AvgIpc) is 2.15. The first-order valence-electron chi connectivity index (χ1n) is 4.12. The highest BCUT2D eigenvalue weighted by molar-refractivity contribution is 6.18. The summed E-state index contributed by atoms with van der Waals surface area (Å²) in [6, 6.07) is 10.4. The maximum Gasteiger partial charge on any atom is 0.0404 e. The molecule has 1 rings (SSSR count). The fourth-order valence-electron chi connectivity index (χ4n) is 1.12. The molecule has 0 aliphatic heterocycles. The molecule has 0 nitrogen and oxygen atoms in total. The fraction of sp³-hybridized carbons (Fsp3) is 0.273. The van der Waals surface area contributed by atoms with Gasteiger partial charge >= 0.3 is 0 Å². The molecule has 0 aliphatic rings. The quantitative estimate of drug-likeness (QED) is 0.493. The van der Waals surface area contributed by atoms with E-state index < -0.39 is 0 Å². The van der Waals surface area contributed by atoms with Crippen molar-refractivity contribution >= 4 is 11.6 Å². The predicted octanol–water partition coefficient (Wildman–Crippen LogP) is 3.59. The molecule has 0 saturated heterocycles. The Morgan fingerprint density at radius 3 is 2.58 bits per heavy atom. The van der Waals surface area contributed by atoms with Crippen LogP contribution in [0.25, 0.3) is 0 Å². The number of halogens is 1. The van der Waals surface area contributed by atoms with E-state index in [2.05, 4.69) is 37.3 Å². The van der Waals surface area contributed by atoms with Crippen LogP contribution in [0.2, 0.25) is 0 Å². The van der Waals surface area contributed by atoms with Crippen molar-refractivity contribution in [1.82, 2.24) is 0 Å². The highest BCUT2D eigenvalue weighted by Gasteiger charge is 1.97. The highest BCUT2D eigenvalue weighted by Crippen LogP contribution is 2.15. The molecular weight excluding hydrogens is 168 g/mol. The van der Waals surface area contributed by atoms with E-state index >= 15 is 0 Å². The van der Waals surface area contributed by atoms with Crippen molar-refractivity contribution in [3.05, 3.63) is 48.0 Å². The minimum Gasteiger partial charge on any atom is -0.122 e. The van der Waals surface area contributed by atoms with Crippen LogP contribution in [-0.2, 0) is 0 Å². The molecule has 0 radical (unpaired) electrons. The lowest BCUT2D eigenvalue weighted by Gasteiger charge is -2.04. The average molecular weight is 181 g/mol. The molecule has 0 aromatic heterocycles. The van der Waals surface area contributed by atoms with Crippen LogP contribution >= 0.6 is 11.6 Å². The van der Waals surface area contributed by atoms with E-state index in [4.69, 9.17) is 11.6 Å². The van der Waals surface area contributed by atoms with Gasteiger partial charge in [-0.25, -0.2) is 0 Å². The van der Waals surface area contributed by atoms with Gasteiger partial charge in [0.05, 0.1) is 0 Å². The predicted molar refractivity (Wildman–Crippen MR) is 54.7 cm³/mol. The van der Waals surface area contributed by atoms with Crippen molar-refractivity contribution < 1.29 is 0 Å². The number of benzene rings is 1. The smallest absolute Gasteiger partial charge is 0.0404 e. The van der Waals surface area contributed by atoms with E-state index in [1.54, 1.807) is 0 Å². The van der Waals surface area contributed by atoms with Crippen LogP contribution in [0.3, 0.4) is 0 Å². The lowest BCUT2D eigenvalue weighted by atomic mass is 10.0. The summed E-state index contributed by atoms with van der Waals surface area (Å²) in [4.78, 5) is 0. The second kappa shape index (κ2) is 5.00. The molecule has 1 atom stereocenters. The Balaban J connectivity index is 2.65. The van der Waals surface area contributed by atoms with Gasteiger partial charge in [0, 0.05) is 5.88 Å². The third-order valence-electron chi connectivity index (χ3n) is 1.84. The zero-order valence-corrected chi connectivity index (χ0v) is 7.96. The summed E-state index contributed by atoms with van der Waals surface area (Å²) >= 11 is 5.55. The van der Waals surface area contributed by atoms with Gasteiger partial charge < -0.3 is 0 Å².